The predicted octanol–water partition coefficient (Wildman–Crippen LogP) is 9.26. The van der Waals surface area contributed by atoms with Crippen LogP contribution in [0.4, 0.5) is 22.7 Å². The molecule has 10 aromatic rings. The van der Waals surface area contributed by atoms with E-state index in [4.69, 9.17) is 28.6 Å². The third kappa shape index (κ3) is 9.71. The quantitative estimate of drug-likeness (QED) is 0.0525. The molecule has 0 saturated carbocycles. The van der Waals surface area contributed by atoms with Crippen LogP contribution in [-0.4, -0.2) is 26.0 Å². The van der Waals surface area contributed by atoms with Gasteiger partial charge in [-0.2, -0.15) is 4.57 Å². The summed E-state index contributed by atoms with van der Waals surface area (Å²) in [5, 5.41) is 13.8. The van der Waals surface area contributed by atoms with Gasteiger partial charge in [0.2, 0.25) is 0 Å². The molecule has 4 heterocycles. The minimum Gasteiger partial charge on any atom is -0.326 e. The summed E-state index contributed by atoms with van der Waals surface area (Å²) in [6.45, 7) is 5.78. The van der Waals surface area contributed by atoms with E-state index < -0.39 is 10.2 Å². The lowest BCUT2D eigenvalue weighted by Crippen LogP contribution is -2.68. The van der Waals surface area contributed by atoms with Crippen molar-refractivity contribution in [3.63, 3.8) is 0 Å². The molecule has 0 amide bonds. The Labute approximate surface area is 418 Å². The van der Waals surface area contributed by atoms with Crippen LogP contribution in [0.1, 0.15) is 25.2 Å². The Balaban J connectivity index is 0.00000111. The lowest BCUT2D eigenvalue weighted by Gasteiger charge is -2.24. The highest BCUT2D eigenvalue weighted by Gasteiger charge is 2.32. The highest BCUT2D eigenvalue weighted by molar-refractivity contribution is 7.22. The van der Waals surface area contributed by atoms with Crippen molar-refractivity contribution in [1.29, 1.82) is 0 Å². The third-order valence-corrected chi connectivity index (χ3v) is 14.2. The highest BCUT2D eigenvalue weighted by atomic mass is 35.7. The van der Waals surface area contributed by atoms with Gasteiger partial charge in [0.1, 0.15) is 21.5 Å². The number of nitro groups is 1. The van der Waals surface area contributed by atoms with Crippen molar-refractivity contribution < 1.29 is 38.4 Å². The van der Waals surface area contributed by atoms with Gasteiger partial charge in [0.25, 0.3) is 11.5 Å². The van der Waals surface area contributed by atoms with Crippen LogP contribution < -0.4 is 33.0 Å². The number of allylic oxidation sites excluding steroid dienone is 4. The summed E-state index contributed by atoms with van der Waals surface area (Å²) in [5.74, 6) is 1.97. The Morgan fingerprint density at radius 2 is 1.24 bits per heavy atom. The molecule has 1 aliphatic heterocycles. The smallest absolute Gasteiger partial charge is 0.287 e. The number of hydrogen-bond donors (Lipinski definition) is 0. The van der Waals surface area contributed by atoms with Crippen LogP contribution in [0, 0.1) is 20.4 Å². The number of halogens is 1. The average Bonchev–Trinajstić information content (AvgIpc) is 4.16. The zero-order valence-electron chi connectivity index (χ0n) is 38.2. The van der Waals surface area contributed by atoms with Gasteiger partial charge in [-0.25, -0.2) is 33.2 Å². The topological polar surface area (TPSA) is 176 Å². The molecule has 71 heavy (non-hydrogen) atoms. The minimum absolute atomic E-state index is 0.0416. The molecule has 0 aliphatic carbocycles. The number of non-ortho nitro benzene ring substituents is 1. The van der Waals surface area contributed by atoms with Crippen molar-refractivity contribution in [2.24, 2.45) is 0 Å². The summed E-state index contributed by atoms with van der Waals surface area (Å²) in [6.07, 6.45) is 8.59. The molecule has 11 rings (SSSR count). The third-order valence-electron chi connectivity index (χ3n) is 12.0. The molecule has 1 aliphatic rings. The second-order valence-corrected chi connectivity index (χ2v) is 19.0. The number of imidazole rings is 1. The number of aromatic nitrogens is 4. The second kappa shape index (κ2) is 19.9. The van der Waals surface area contributed by atoms with E-state index in [0.29, 0.717) is 13.1 Å². The van der Waals surface area contributed by atoms with E-state index in [1.54, 1.807) is 34.8 Å². The van der Waals surface area contributed by atoms with Crippen LogP contribution in [0.2, 0.25) is 0 Å². The number of para-hydroxylation sites is 4. The number of anilines is 3. The summed E-state index contributed by atoms with van der Waals surface area (Å²) < 4.78 is 40.9. The summed E-state index contributed by atoms with van der Waals surface area (Å²) in [5.41, 5.74) is 12.3. The summed E-state index contributed by atoms with van der Waals surface area (Å²) in [6, 6.07) is 57.4. The molecule has 0 radical (unpaired) electrons. The molecule has 0 saturated heterocycles. The second-order valence-electron chi connectivity index (χ2n) is 16.2. The maximum absolute atomic E-state index is 11.8. The van der Waals surface area contributed by atoms with Gasteiger partial charge in [-0.05, 0) is 134 Å². The van der Waals surface area contributed by atoms with Crippen LogP contribution in [-0.2, 0) is 6.54 Å². The van der Waals surface area contributed by atoms with Gasteiger partial charge in [0.05, 0.1) is 43.3 Å². The fraction of sp³-hybridized carbons (Fsp3) is 0.0727. The Morgan fingerprint density at radius 1 is 0.676 bits per heavy atom. The molecule has 7 aromatic carbocycles. The number of aryl methyl sites for hydroxylation is 1. The van der Waals surface area contributed by atoms with Crippen molar-refractivity contribution in [1.82, 2.24) is 14.5 Å². The molecule has 0 unspecified atom stereocenters. The van der Waals surface area contributed by atoms with Crippen LogP contribution in [0.5, 0.6) is 0 Å². The molecule has 352 valence electrons. The lowest BCUT2D eigenvalue weighted by atomic mass is 10.0. The molecule has 0 N–H and O–H groups in total. The zero-order valence-corrected chi connectivity index (χ0v) is 40.6. The van der Waals surface area contributed by atoms with E-state index in [1.807, 2.05) is 36.4 Å². The van der Waals surface area contributed by atoms with Crippen molar-refractivity contribution in [3.05, 3.63) is 215 Å². The van der Waals surface area contributed by atoms with Crippen LogP contribution >= 0.6 is 22.7 Å². The van der Waals surface area contributed by atoms with E-state index in [0.717, 1.165) is 98.1 Å². The van der Waals surface area contributed by atoms with Gasteiger partial charge in [-0.3, -0.25) is 15.0 Å². The van der Waals surface area contributed by atoms with Gasteiger partial charge in [0.15, 0.2) is 11.0 Å². The van der Waals surface area contributed by atoms with E-state index in [2.05, 4.69) is 178 Å². The average molecular weight is 997 g/mol. The summed E-state index contributed by atoms with van der Waals surface area (Å²) in [4.78, 5) is 26.1. The first-order valence-electron chi connectivity index (χ1n) is 22.5. The van der Waals surface area contributed by atoms with Crippen molar-refractivity contribution in [3.8, 4) is 26.8 Å². The molecule has 3 aromatic heterocycles. The number of rotatable bonds is 11. The Hall–Kier alpha value is -7.86. The molecular formula is C55H42ClN7O6S2. The first-order chi connectivity index (χ1) is 34.4. The lowest BCUT2D eigenvalue weighted by molar-refractivity contribution is -2.00. The Bertz CT molecular complexity index is 3610. The monoisotopic (exact) mass is 995 g/mol. The first-order valence-corrected chi connectivity index (χ1v) is 25.4. The number of hydrogen-bond acceptors (Lipinski definition) is 12. The first kappa shape index (κ1) is 46.8. The van der Waals surface area contributed by atoms with Crippen molar-refractivity contribution >= 4 is 88.5 Å². The summed E-state index contributed by atoms with van der Waals surface area (Å²) >= 11 is 3.40. The fourth-order valence-electron chi connectivity index (χ4n) is 8.89. The molecular weight excluding hydrogens is 954 g/mol. The SMILES string of the molecule is CCN1/C(=C/C=C(/C=C/c2n(-c3ccccc3)c3ccc(-c4nc5ccccc5s4)cc3[n+]2CC)c2ccc([N+](=O)[O-])cc2)N(c2ccccc2)c2ccc(-c3nc4ccccc4s3)cc21.[O-][Cl+3]([O-])([O-])[O-]. The molecule has 16 heteroatoms. The largest absolute Gasteiger partial charge is 0.326 e. The normalized spacial score (nSPS) is 13.4. The highest BCUT2D eigenvalue weighted by Crippen LogP contribution is 2.48. The molecule has 0 atom stereocenters. The predicted molar refractivity (Wildman–Crippen MR) is 273 cm³/mol. The van der Waals surface area contributed by atoms with Gasteiger partial charge < -0.3 is 4.90 Å². The van der Waals surface area contributed by atoms with Crippen LogP contribution in [0.25, 0.3) is 69.9 Å². The summed E-state index contributed by atoms with van der Waals surface area (Å²) in [7, 11) is -4.94. The Kier molecular flexibility index (Phi) is 13.1. The van der Waals surface area contributed by atoms with E-state index in [9.17, 15) is 10.1 Å². The van der Waals surface area contributed by atoms with Crippen LogP contribution in [0.15, 0.2) is 194 Å². The maximum Gasteiger partial charge on any atom is 0.287 e. The number of nitro benzene ring substituents is 1. The van der Waals surface area contributed by atoms with Crippen molar-refractivity contribution in [2.75, 3.05) is 16.3 Å². The molecule has 0 fully saturated rings. The molecule has 0 spiro atoms. The fourth-order valence-corrected chi connectivity index (χ4v) is 10.8. The molecule has 0 bridgehead atoms. The van der Waals surface area contributed by atoms with Gasteiger partial charge in [-0.1, -0.05) is 66.7 Å². The minimum atomic E-state index is -4.94. The number of nitrogens with zero attached hydrogens (tertiary/aromatic N) is 7. The standard InChI is InChI=1S/C55H42N7O2S2.ClHO4/c1-3-58-48-35-39(54-56-44-19-11-13-21-50(44)65-54)25-31-46(48)60(41-15-7-5-8-16-41)52(58)33-27-38(37-23-29-43(30-24-37)62(63)64)28-34-53-59(4-2)49-36-40(55-57-45-20-12-14-22-51(45)66-55)26-32-47(49)61(53)42-17-9-6-10-18-42;2-1(3,4)5/h5-36H,3-4H2,1-2H3;(H,2,3,4,5)/q+1;/p-1. The van der Waals surface area contributed by atoms with E-state index in [1.165, 1.54) is 0 Å². The Morgan fingerprint density at radius 3 is 1.82 bits per heavy atom. The number of benzene rings is 7. The van der Waals surface area contributed by atoms with Gasteiger partial charge in [0, 0.05) is 41.6 Å². The van der Waals surface area contributed by atoms with Gasteiger partial charge in [-0.15, -0.1) is 32.9 Å². The van der Waals surface area contributed by atoms with Crippen LogP contribution in [0.3, 0.4) is 0 Å². The number of fused-ring (bicyclic) bond motifs is 4. The molecule has 13 nitrogen and oxygen atoms in total. The maximum atomic E-state index is 11.8. The van der Waals surface area contributed by atoms with E-state index in [-0.39, 0.29) is 10.6 Å². The zero-order chi connectivity index (χ0) is 49.2. The van der Waals surface area contributed by atoms with Crippen molar-refractivity contribution in [2.45, 2.75) is 20.4 Å². The van der Waals surface area contributed by atoms with Gasteiger partial charge >= 0.3 is 0 Å². The number of thiazole rings is 2. The van der Waals surface area contributed by atoms with E-state index >= 15 is 0 Å².